The first-order valence-electron chi connectivity index (χ1n) is 8.91. The molecule has 0 aromatic heterocycles. The number of nitrogens with zero attached hydrogens (tertiary/aromatic N) is 2. The first-order valence-corrected chi connectivity index (χ1v) is 8.91. The van der Waals surface area contributed by atoms with Crippen LogP contribution < -0.4 is 0 Å². The van der Waals surface area contributed by atoms with Gasteiger partial charge in [-0.3, -0.25) is 9.69 Å². The van der Waals surface area contributed by atoms with Crippen LogP contribution in [0.4, 0.5) is 0 Å². The van der Waals surface area contributed by atoms with Gasteiger partial charge in [0.2, 0.25) is 5.91 Å². The molecule has 0 saturated carbocycles. The van der Waals surface area contributed by atoms with E-state index in [0.717, 1.165) is 31.5 Å². The summed E-state index contributed by atoms with van der Waals surface area (Å²) in [5.41, 5.74) is 1.09. The van der Waals surface area contributed by atoms with Crippen molar-refractivity contribution in [1.29, 1.82) is 0 Å². The second-order valence-corrected chi connectivity index (χ2v) is 6.65. The van der Waals surface area contributed by atoms with Crippen molar-refractivity contribution in [2.45, 2.75) is 38.4 Å². The molecule has 1 fully saturated rings. The maximum absolute atomic E-state index is 12.3. The lowest BCUT2D eigenvalue weighted by Gasteiger charge is -2.25. The second-order valence-electron chi connectivity index (χ2n) is 6.65. The van der Waals surface area contributed by atoms with Gasteiger partial charge < -0.3 is 14.7 Å². The lowest BCUT2D eigenvalue weighted by atomic mass is 10.2. The van der Waals surface area contributed by atoms with Crippen molar-refractivity contribution in [2.75, 3.05) is 39.8 Å². The summed E-state index contributed by atoms with van der Waals surface area (Å²) in [4.78, 5) is 16.2. The molecule has 0 spiro atoms. The molecule has 1 N–H and O–H groups in total. The highest BCUT2D eigenvalue weighted by atomic mass is 16.5. The predicted octanol–water partition coefficient (Wildman–Crippen LogP) is 1.90. The molecule has 1 amide bonds. The van der Waals surface area contributed by atoms with E-state index < -0.39 is 6.10 Å². The molecule has 0 bridgehead atoms. The molecule has 2 rings (SSSR count). The third kappa shape index (κ3) is 6.99. The lowest BCUT2D eigenvalue weighted by Crippen LogP contribution is -2.42. The molecule has 5 nitrogen and oxygen atoms in total. The minimum Gasteiger partial charge on any atom is -0.389 e. The fourth-order valence-corrected chi connectivity index (χ4v) is 3.02. The van der Waals surface area contributed by atoms with Crippen LogP contribution in [0.15, 0.2) is 30.3 Å². The summed E-state index contributed by atoms with van der Waals surface area (Å²) < 4.78 is 5.55. The number of aliphatic hydroxyl groups is 1. The number of hydrogen-bond donors (Lipinski definition) is 1. The number of hydrogen-bond acceptors (Lipinski definition) is 4. The summed E-state index contributed by atoms with van der Waals surface area (Å²) in [5, 5.41) is 10.1. The molecule has 0 radical (unpaired) electrons. The van der Waals surface area contributed by atoms with Crippen molar-refractivity contribution in [3.8, 4) is 0 Å². The van der Waals surface area contributed by atoms with Crippen LogP contribution in [0.1, 0.15) is 31.2 Å². The average Bonchev–Trinajstić information content (AvgIpc) is 2.85. The van der Waals surface area contributed by atoms with Gasteiger partial charge in [-0.2, -0.15) is 0 Å². The van der Waals surface area contributed by atoms with Crippen LogP contribution in [0.2, 0.25) is 0 Å². The molecular weight excluding hydrogens is 304 g/mol. The lowest BCUT2D eigenvalue weighted by molar-refractivity contribution is -0.132. The van der Waals surface area contributed by atoms with Crippen LogP contribution in [0.3, 0.4) is 0 Å². The molecule has 1 saturated heterocycles. The Labute approximate surface area is 145 Å². The molecule has 1 aliphatic heterocycles. The van der Waals surface area contributed by atoms with Crippen LogP contribution in [-0.4, -0.2) is 66.8 Å². The number of benzene rings is 1. The van der Waals surface area contributed by atoms with Crippen molar-refractivity contribution < 1.29 is 14.6 Å². The first-order chi connectivity index (χ1) is 11.6. The van der Waals surface area contributed by atoms with Crippen molar-refractivity contribution in [3.05, 3.63) is 35.9 Å². The monoisotopic (exact) mass is 334 g/mol. The summed E-state index contributed by atoms with van der Waals surface area (Å²) in [6.45, 7) is 3.31. The van der Waals surface area contributed by atoms with Gasteiger partial charge >= 0.3 is 0 Å². The second kappa shape index (κ2) is 10.4. The van der Waals surface area contributed by atoms with E-state index >= 15 is 0 Å². The van der Waals surface area contributed by atoms with E-state index in [9.17, 15) is 9.90 Å². The molecule has 1 aromatic rings. The normalized spacial score (nSPS) is 16.9. The number of rotatable bonds is 8. The van der Waals surface area contributed by atoms with E-state index in [1.165, 1.54) is 12.8 Å². The summed E-state index contributed by atoms with van der Waals surface area (Å²) in [6.07, 6.45) is 4.06. The van der Waals surface area contributed by atoms with Crippen LogP contribution in [0, 0.1) is 0 Å². The smallest absolute Gasteiger partial charge is 0.236 e. The van der Waals surface area contributed by atoms with Crippen LogP contribution in [0.25, 0.3) is 0 Å². The number of likely N-dealkylation sites (tertiary alicyclic amines) is 1. The van der Waals surface area contributed by atoms with Gasteiger partial charge in [0.05, 0.1) is 25.9 Å². The highest BCUT2D eigenvalue weighted by Gasteiger charge is 2.18. The molecule has 5 heteroatoms. The van der Waals surface area contributed by atoms with Crippen LogP contribution >= 0.6 is 0 Å². The van der Waals surface area contributed by atoms with Gasteiger partial charge in [-0.1, -0.05) is 43.2 Å². The Bertz CT molecular complexity index is 473. The zero-order valence-corrected chi connectivity index (χ0v) is 14.7. The first kappa shape index (κ1) is 18.9. The molecule has 1 aromatic carbocycles. The summed E-state index contributed by atoms with van der Waals surface area (Å²) in [6, 6.07) is 9.90. The summed E-state index contributed by atoms with van der Waals surface area (Å²) in [5.74, 6) is 0.164. The maximum atomic E-state index is 12.3. The van der Waals surface area contributed by atoms with E-state index in [1.54, 1.807) is 0 Å². The minimum atomic E-state index is -0.587. The van der Waals surface area contributed by atoms with Gasteiger partial charge in [-0.05, 0) is 25.5 Å². The van der Waals surface area contributed by atoms with E-state index in [1.807, 2.05) is 47.2 Å². The largest absolute Gasteiger partial charge is 0.389 e. The third-order valence-corrected chi connectivity index (χ3v) is 4.31. The molecule has 134 valence electrons. The van der Waals surface area contributed by atoms with Crippen LogP contribution in [-0.2, 0) is 16.1 Å². The van der Waals surface area contributed by atoms with E-state index in [-0.39, 0.29) is 12.5 Å². The van der Waals surface area contributed by atoms with Crippen LogP contribution in [0.5, 0.6) is 0 Å². The van der Waals surface area contributed by atoms with E-state index in [4.69, 9.17) is 4.74 Å². The fourth-order valence-electron chi connectivity index (χ4n) is 3.02. The standard InChI is InChI=1S/C19H30N2O3/c1-20(14-19(23)21-11-7-2-3-8-12-21)13-18(22)16-24-15-17-9-5-4-6-10-17/h4-6,9-10,18,22H,2-3,7-8,11-16H2,1H3. The quantitative estimate of drug-likeness (QED) is 0.789. The minimum absolute atomic E-state index is 0.164. The number of carbonyl (C=O) groups excluding carboxylic acids is 1. The van der Waals surface area contributed by atoms with Gasteiger partial charge in [0.15, 0.2) is 0 Å². The predicted molar refractivity (Wildman–Crippen MR) is 94.6 cm³/mol. The van der Waals surface area contributed by atoms with Crippen molar-refractivity contribution in [2.24, 2.45) is 0 Å². The molecule has 24 heavy (non-hydrogen) atoms. The zero-order chi connectivity index (χ0) is 17.2. The number of aliphatic hydroxyl groups excluding tert-OH is 1. The van der Waals surface area contributed by atoms with Gasteiger partial charge in [0.1, 0.15) is 0 Å². The van der Waals surface area contributed by atoms with Gasteiger partial charge in [0.25, 0.3) is 0 Å². The Balaban J connectivity index is 1.63. The number of ether oxygens (including phenoxy) is 1. The fraction of sp³-hybridized carbons (Fsp3) is 0.632. The number of carbonyl (C=O) groups is 1. The maximum Gasteiger partial charge on any atom is 0.236 e. The van der Waals surface area contributed by atoms with Gasteiger partial charge in [-0.25, -0.2) is 0 Å². The van der Waals surface area contributed by atoms with Gasteiger partial charge in [0, 0.05) is 19.6 Å². The molecule has 0 aliphatic carbocycles. The molecule has 1 heterocycles. The number of likely N-dealkylation sites (N-methyl/N-ethyl adjacent to an activating group) is 1. The number of amides is 1. The molecular formula is C19H30N2O3. The molecule has 1 aliphatic rings. The zero-order valence-electron chi connectivity index (χ0n) is 14.7. The van der Waals surface area contributed by atoms with Crippen molar-refractivity contribution >= 4 is 5.91 Å². The molecule has 1 unspecified atom stereocenters. The Morgan fingerprint density at radius 2 is 1.88 bits per heavy atom. The topological polar surface area (TPSA) is 53.0 Å². The Kier molecular flexibility index (Phi) is 8.22. The highest BCUT2D eigenvalue weighted by molar-refractivity contribution is 5.78. The van der Waals surface area contributed by atoms with Crippen molar-refractivity contribution in [3.63, 3.8) is 0 Å². The van der Waals surface area contributed by atoms with E-state index in [0.29, 0.717) is 19.7 Å². The van der Waals surface area contributed by atoms with Gasteiger partial charge in [-0.15, -0.1) is 0 Å². The average molecular weight is 334 g/mol. The summed E-state index contributed by atoms with van der Waals surface area (Å²) in [7, 11) is 1.87. The Hall–Kier alpha value is -1.43. The van der Waals surface area contributed by atoms with Crippen molar-refractivity contribution in [1.82, 2.24) is 9.80 Å². The Morgan fingerprint density at radius 3 is 2.54 bits per heavy atom. The third-order valence-electron chi connectivity index (χ3n) is 4.31. The SMILES string of the molecule is CN(CC(=O)N1CCCCCC1)CC(O)COCc1ccccc1. The molecule has 1 atom stereocenters. The van der Waals surface area contributed by atoms with E-state index in [2.05, 4.69) is 0 Å². The Morgan fingerprint density at radius 1 is 1.21 bits per heavy atom. The highest BCUT2D eigenvalue weighted by Crippen LogP contribution is 2.10. The summed E-state index contributed by atoms with van der Waals surface area (Å²) >= 11 is 0.